The summed E-state index contributed by atoms with van der Waals surface area (Å²) in [4.78, 5) is 0. The van der Waals surface area contributed by atoms with Gasteiger partial charge in [0, 0.05) is 12.0 Å². The quantitative estimate of drug-likeness (QED) is 0.694. The van der Waals surface area contributed by atoms with E-state index in [0.717, 1.165) is 5.56 Å². The average molecular weight is 358 g/mol. The highest BCUT2D eigenvalue weighted by molar-refractivity contribution is 7.89. The molecule has 0 aliphatic heterocycles. The van der Waals surface area contributed by atoms with Gasteiger partial charge in [0.05, 0.1) is 12.4 Å². The van der Waals surface area contributed by atoms with E-state index in [4.69, 9.17) is 5.11 Å². The summed E-state index contributed by atoms with van der Waals surface area (Å²) >= 11 is 0. The van der Waals surface area contributed by atoms with Crippen molar-refractivity contribution in [3.05, 3.63) is 48.0 Å². The SMILES string of the molecule is CC.CC.CC(C)(CNS(=O)(=O)CC/C=C/CO)c1ccccc1. The van der Waals surface area contributed by atoms with Crippen molar-refractivity contribution in [3.8, 4) is 0 Å². The maximum atomic E-state index is 11.9. The third-order valence-corrected chi connectivity index (χ3v) is 4.47. The highest BCUT2D eigenvalue weighted by atomic mass is 32.2. The van der Waals surface area contributed by atoms with Crippen molar-refractivity contribution in [2.45, 2.75) is 53.4 Å². The van der Waals surface area contributed by atoms with Gasteiger partial charge in [0.15, 0.2) is 0 Å². The summed E-state index contributed by atoms with van der Waals surface area (Å²) in [7, 11) is -3.29. The van der Waals surface area contributed by atoms with Gasteiger partial charge in [0.25, 0.3) is 0 Å². The zero-order valence-corrected chi connectivity index (χ0v) is 16.9. The van der Waals surface area contributed by atoms with Gasteiger partial charge in [-0.1, -0.05) is 84.0 Å². The molecule has 5 heteroatoms. The Hall–Kier alpha value is -1.17. The van der Waals surface area contributed by atoms with Gasteiger partial charge in [-0.2, -0.15) is 0 Å². The van der Waals surface area contributed by atoms with Gasteiger partial charge < -0.3 is 5.11 Å². The third-order valence-electron chi connectivity index (χ3n) is 3.11. The minimum Gasteiger partial charge on any atom is -0.392 e. The Kier molecular flexibility index (Phi) is 14.8. The fourth-order valence-electron chi connectivity index (χ4n) is 1.77. The van der Waals surface area contributed by atoms with Crippen LogP contribution in [0, 0.1) is 0 Å². The number of hydrogen-bond acceptors (Lipinski definition) is 3. The molecule has 0 atom stereocenters. The predicted molar refractivity (Wildman–Crippen MR) is 105 cm³/mol. The van der Waals surface area contributed by atoms with Crippen molar-refractivity contribution in [2.24, 2.45) is 0 Å². The molecule has 140 valence electrons. The van der Waals surface area contributed by atoms with Crippen LogP contribution in [0.15, 0.2) is 42.5 Å². The van der Waals surface area contributed by atoms with Crippen molar-refractivity contribution in [3.63, 3.8) is 0 Å². The first-order valence-corrected chi connectivity index (χ1v) is 10.3. The van der Waals surface area contributed by atoms with Crippen LogP contribution < -0.4 is 4.72 Å². The van der Waals surface area contributed by atoms with Gasteiger partial charge in [-0.15, -0.1) is 0 Å². The van der Waals surface area contributed by atoms with E-state index in [1.165, 1.54) is 0 Å². The number of rotatable bonds is 8. The van der Waals surface area contributed by atoms with Crippen LogP contribution in [-0.4, -0.2) is 32.4 Å². The number of benzene rings is 1. The second-order valence-corrected chi connectivity index (χ2v) is 7.26. The lowest BCUT2D eigenvalue weighted by molar-refractivity contribution is 0.342. The standard InChI is InChI=1S/C15H23NO3S.2C2H6/c1-15(2,14-9-5-3-6-10-14)13-16-20(18,19)12-8-4-7-11-17;2*1-2/h3-7,9-10,16-17H,8,11-13H2,1-2H3;2*1-2H3/b7-4+;;. The van der Waals surface area contributed by atoms with Crippen LogP contribution in [0.3, 0.4) is 0 Å². The molecule has 0 saturated heterocycles. The van der Waals surface area contributed by atoms with Gasteiger partial charge in [0.1, 0.15) is 0 Å². The summed E-state index contributed by atoms with van der Waals surface area (Å²) in [6.07, 6.45) is 3.62. The van der Waals surface area contributed by atoms with E-state index >= 15 is 0 Å². The minimum absolute atomic E-state index is 0.0361. The zero-order valence-electron chi connectivity index (χ0n) is 16.0. The van der Waals surface area contributed by atoms with Crippen LogP contribution >= 0.6 is 0 Å². The van der Waals surface area contributed by atoms with E-state index in [1.807, 2.05) is 71.9 Å². The van der Waals surface area contributed by atoms with Crippen LogP contribution in [0.1, 0.15) is 53.5 Å². The molecule has 2 N–H and O–H groups in total. The summed E-state index contributed by atoms with van der Waals surface area (Å²) < 4.78 is 26.4. The topological polar surface area (TPSA) is 66.4 Å². The van der Waals surface area contributed by atoms with Crippen LogP contribution in [0.4, 0.5) is 0 Å². The second kappa shape index (κ2) is 14.2. The van der Waals surface area contributed by atoms with E-state index in [0.29, 0.717) is 13.0 Å². The molecule has 0 unspecified atom stereocenters. The molecule has 0 aliphatic rings. The van der Waals surface area contributed by atoms with Crippen molar-refractivity contribution in [2.75, 3.05) is 18.9 Å². The van der Waals surface area contributed by atoms with Crippen molar-refractivity contribution < 1.29 is 13.5 Å². The monoisotopic (exact) mass is 357 g/mol. The summed E-state index contributed by atoms with van der Waals surface area (Å²) in [6.45, 7) is 12.3. The lowest BCUT2D eigenvalue weighted by atomic mass is 9.85. The largest absolute Gasteiger partial charge is 0.392 e. The molecule has 1 rings (SSSR count). The fraction of sp³-hybridized carbons (Fsp3) is 0.579. The molecule has 0 spiro atoms. The van der Waals surface area contributed by atoms with E-state index in [2.05, 4.69) is 4.72 Å². The van der Waals surface area contributed by atoms with Crippen LogP contribution in [-0.2, 0) is 15.4 Å². The van der Waals surface area contributed by atoms with E-state index in [1.54, 1.807) is 12.2 Å². The number of hydrogen-bond donors (Lipinski definition) is 2. The minimum atomic E-state index is -3.29. The van der Waals surface area contributed by atoms with E-state index < -0.39 is 10.0 Å². The summed E-state index contributed by atoms with van der Waals surface area (Å²) in [5.41, 5.74) is 0.845. The highest BCUT2D eigenvalue weighted by Crippen LogP contribution is 2.21. The molecule has 0 saturated carbocycles. The first-order chi connectivity index (χ1) is 11.4. The van der Waals surface area contributed by atoms with Crippen molar-refractivity contribution >= 4 is 10.0 Å². The average Bonchev–Trinajstić information content (AvgIpc) is 2.62. The Bertz CT molecular complexity index is 523. The fourth-order valence-corrected chi connectivity index (χ4v) is 2.94. The molecule has 0 radical (unpaired) electrons. The number of aliphatic hydroxyl groups is 1. The highest BCUT2D eigenvalue weighted by Gasteiger charge is 2.22. The van der Waals surface area contributed by atoms with Gasteiger partial charge in [-0.25, -0.2) is 13.1 Å². The first-order valence-electron chi connectivity index (χ1n) is 8.66. The molecule has 0 amide bonds. The Morgan fingerprint density at radius 3 is 2.08 bits per heavy atom. The molecule has 0 aromatic heterocycles. The van der Waals surface area contributed by atoms with Crippen LogP contribution in [0.5, 0.6) is 0 Å². The third kappa shape index (κ3) is 11.4. The van der Waals surface area contributed by atoms with Crippen molar-refractivity contribution in [1.29, 1.82) is 0 Å². The number of nitrogens with one attached hydrogen (secondary N) is 1. The molecule has 24 heavy (non-hydrogen) atoms. The Labute approximate surface area is 149 Å². The van der Waals surface area contributed by atoms with Gasteiger partial charge in [-0.3, -0.25) is 0 Å². The van der Waals surface area contributed by atoms with Gasteiger partial charge >= 0.3 is 0 Å². The Morgan fingerprint density at radius 1 is 1.04 bits per heavy atom. The molecular formula is C19H35NO3S. The summed E-state index contributed by atoms with van der Waals surface area (Å²) in [5, 5.41) is 8.58. The maximum absolute atomic E-state index is 11.9. The van der Waals surface area contributed by atoms with Gasteiger partial charge in [0.2, 0.25) is 10.0 Å². The smallest absolute Gasteiger partial charge is 0.211 e. The number of sulfonamides is 1. The van der Waals surface area contributed by atoms with E-state index in [9.17, 15) is 8.42 Å². The molecule has 0 heterocycles. The molecule has 0 bridgehead atoms. The molecule has 0 aliphatic carbocycles. The second-order valence-electron chi connectivity index (χ2n) is 5.33. The van der Waals surface area contributed by atoms with Gasteiger partial charge in [-0.05, 0) is 12.0 Å². The Morgan fingerprint density at radius 2 is 1.58 bits per heavy atom. The summed E-state index contributed by atoms with van der Waals surface area (Å²) in [5.74, 6) is 0.0361. The first kappa shape index (κ1) is 25.1. The van der Waals surface area contributed by atoms with E-state index in [-0.39, 0.29) is 17.8 Å². The molecule has 4 nitrogen and oxygen atoms in total. The Balaban J connectivity index is 0. The normalized spacial score (nSPS) is 11.3. The van der Waals surface area contributed by atoms with Crippen molar-refractivity contribution in [1.82, 2.24) is 4.72 Å². The predicted octanol–water partition coefficient (Wildman–Crippen LogP) is 3.87. The summed E-state index contributed by atoms with van der Waals surface area (Å²) in [6, 6.07) is 9.84. The molecule has 1 aromatic carbocycles. The zero-order chi connectivity index (χ0) is 19.1. The molecular weight excluding hydrogens is 322 g/mol. The molecule has 0 fully saturated rings. The lowest BCUT2D eigenvalue weighted by Crippen LogP contribution is -2.37. The maximum Gasteiger partial charge on any atom is 0.211 e. The lowest BCUT2D eigenvalue weighted by Gasteiger charge is -2.25. The number of aliphatic hydroxyl groups excluding tert-OH is 1. The van der Waals surface area contributed by atoms with Crippen LogP contribution in [0.2, 0.25) is 0 Å². The van der Waals surface area contributed by atoms with Crippen LogP contribution in [0.25, 0.3) is 0 Å². The number of allylic oxidation sites excluding steroid dienone is 1. The molecule has 1 aromatic rings.